The molecule has 1 aliphatic rings. The Balaban J connectivity index is 1.74. The summed E-state index contributed by atoms with van der Waals surface area (Å²) in [6.07, 6.45) is 4.05. The molecule has 0 saturated carbocycles. The molecular formula is C19H21N3O2S2. The minimum atomic E-state index is -0.0451. The van der Waals surface area contributed by atoms with E-state index in [1.807, 2.05) is 28.3 Å². The van der Waals surface area contributed by atoms with E-state index in [1.165, 1.54) is 11.3 Å². The number of hydrogen-bond donors (Lipinski definition) is 0. The number of rotatable bonds is 3. The molecule has 0 aliphatic carbocycles. The highest BCUT2D eigenvalue weighted by molar-refractivity contribution is 7.20. The number of nitrogens with zero attached hydrogens (tertiary/aromatic N) is 3. The summed E-state index contributed by atoms with van der Waals surface area (Å²) in [5, 5.41) is 4.68. The van der Waals surface area contributed by atoms with Gasteiger partial charge in [-0.1, -0.05) is 6.42 Å². The normalized spacial score (nSPS) is 14.2. The van der Waals surface area contributed by atoms with Gasteiger partial charge in [0.15, 0.2) is 0 Å². The number of aromatic nitrogens is 2. The number of hydrogen-bond acceptors (Lipinski definition) is 5. The molecule has 0 aromatic carbocycles. The van der Waals surface area contributed by atoms with Gasteiger partial charge in [-0.3, -0.25) is 14.2 Å². The molecule has 26 heavy (non-hydrogen) atoms. The number of thiophene rings is 2. The first kappa shape index (κ1) is 17.4. The number of fused-ring (bicyclic) bond motifs is 2. The quantitative estimate of drug-likeness (QED) is 0.686. The maximum absolute atomic E-state index is 13.0. The van der Waals surface area contributed by atoms with Crippen LogP contribution in [0.1, 0.15) is 45.9 Å². The van der Waals surface area contributed by atoms with Crippen LogP contribution in [0.3, 0.4) is 0 Å². The highest BCUT2D eigenvalue weighted by Gasteiger charge is 2.24. The SMILES string of the molecule is Cc1c(C(=O)N(C)Cc2ccsc2)sc2nc3n(c(=O)c12)CCCCC3. The summed E-state index contributed by atoms with van der Waals surface area (Å²) < 4.78 is 1.82. The fourth-order valence-corrected chi connectivity index (χ4v) is 5.36. The van der Waals surface area contributed by atoms with Gasteiger partial charge < -0.3 is 4.90 Å². The third kappa shape index (κ3) is 2.99. The number of carbonyl (C=O) groups is 1. The summed E-state index contributed by atoms with van der Waals surface area (Å²) >= 11 is 2.98. The zero-order valence-corrected chi connectivity index (χ0v) is 16.6. The minimum absolute atomic E-state index is 0.0141. The van der Waals surface area contributed by atoms with E-state index in [0.717, 1.165) is 49.2 Å². The van der Waals surface area contributed by atoms with Gasteiger partial charge in [-0.15, -0.1) is 11.3 Å². The van der Waals surface area contributed by atoms with Gasteiger partial charge in [-0.2, -0.15) is 11.3 Å². The first-order valence-electron chi connectivity index (χ1n) is 8.85. The molecule has 0 radical (unpaired) electrons. The van der Waals surface area contributed by atoms with E-state index < -0.39 is 0 Å². The zero-order valence-electron chi connectivity index (χ0n) is 14.9. The van der Waals surface area contributed by atoms with Crippen molar-refractivity contribution in [1.29, 1.82) is 0 Å². The Kier molecular flexibility index (Phi) is 4.67. The van der Waals surface area contributed by atoms with Crippen LogP contribution in [0.4, 0.5) is 0 Å². The molecule has 136 valence electrons. The molecule has 7 heteroatoms. The van der Waals surface area contributed by atoms with E-state index in [1.54, 1.807) is 23.3 Å². The van der Waals surface area contributed by atoms with Gasteiger partial charge in [-0.05, 0) is 47.7 Å². The smallest absolute Gasteiger partial charge is 0.264 e. The molecule has 0 atom stereocenters. The van der Waals surface area contributed by atoms with Gasteiger partial charge in [0.2, 0.25) is 0 Å². The second-order valence-corrected chi connectivity index (χ2v) is 8.60. The average Bonchev–Trinajstić information content (AvgIpc) is 3.16. The highest BCUT2D eigenvalue weighted by Crippen LogP contribution is 2.29. The maximum Gasteiger partial charge on any atom is 0.264 e. The van der Waals surface area contributed by atoms with Crippen LogP contribution in [0.25, 0.3) is 10.2 Å². The second-order valence-electron chi connectivity index (χ2n) is 6.82. The molecule has 4 rings (SSSR count). The Labute approximate surface area is 159 Å². The lowest BCUT2D eigenvalue weighted by molar-refractivity contribution is 0.0789. The molecule has 0 N–H and O–H groups in total. The standard InChI is InChI=1S/C19H21N3O2S2/c1-12-15-17(20-14-6-4-3-5-8-22(14)18(15)23)26-16(12)19(24)21(2)10-13-7-9-25-11-13/h7,9,11H,3-6,8,10H2,1-2H3. The lowest BCUT2D eigenvalue weighted by atomic mass is 10.2. The van der Waals surface area contributed by atoms with E-state index in [2.05, 4.69) is 0 Å². The summed E-state index contributed by atoms with van der Waals surface area (Å²) in [5.41, 5.74) is 1.90. The molecule has 0 unspecified atom stereocenters. The Bertz CT molecular complexity index is 1020. The van der Waals surface area contributed by atoms with Gasteiger partial charge in [0.05, 0.1) is 10.3 Å². The number of aryl methyl sites for hydroxylation is 2. The van der Waals surface area contributed by atoms with Crippen LogP contribution in [-0.4, -0.2) is 27.4 Å². The molecule has 0 bridgehead atoms. The Morgan fingerprint density at radius 3 is 2.96 bits per heavy atom. The van der Waals surface area contributed by atoms with Crippen LogP contribution in [0, 0.1) is 6.92 Å². The first-order chi connectivity index (χ1) is 12.6. The molecular weight excluding hydrogens is 366 g/mol. The third-order valence-corrected chi connectivity index (χ3v) is 6.86. The van der Waals surface area contributed by atoms with Crippen molar-refractivity contribution in [3.05, 3.63) is 49.0 Å². The molecule has 0 fully saturated rings. The lowest BCUT2D eigenvalue weighted by Gasteiger charge is -2.15. The molecule has 5 nitrogen and oxygen atoms in total. The lowest BCUT2D eigenvalue weighted by Crippen LogP contribution is -2.26. The summed E-state index contributed by atoms with van der Waals surface area (Å²) in [4.78, 5) is 33.8. The van der Waals surface area contributed by atoms with Gasteiger partial charge >= 0.3 is 0 Å². The summed E-state index contributed by atoms with van der Waals surface area (Å²) in [5.74, 6) is 0.822. The van der Waals surface area contributed by atoms with Gasteiger partial charge in [0.25, 0.3) is 11.5 Å². The van der Waals surface area contributed by atoms with E-state index in [0.29, 0.717) is 21.6 Å². The molecule has 1 aliphatic heterocycles. The summed E-state index contributed by atoms with van der Waals surface area (Å²) in [7, 11) is 1.80. The molecule has 0 spiro atoms. The second kappa shape index (κ2) is 6.96. The van der Waals surface area contributed by atoms with Crippen molar-refractivity contribution in [2.24, 2.45) is 0 Å². The summed E-state index contributed by atoms with van der Waals surface area (Å²) in [6.45, 7) is 3.17. The van der Waals surface area contributed by atoms with Crippen LogP contribution >= 0.6 is 22.7 Å². The van der Waals surface area contributed by atoms with E-state index >= 15 is 0 Å². The topological polar surface area (TPSA) is 55.2 Å². The predicted octanol–water partition coefficient (Wildman–Crippen LogP) is 3.83. The Morgan fingerprint density at radius 2 is 2.19 bits per heavy atom. The van der Waals surface area contributed by atoms with Crippen molar-refractivity contribution < 1.29 is 4.79 Å². The van der Waals surface area contributed by atoms with Gasteiger partial charge in [0, 0.05) is 26.6 Å². The predicted molar refractivity (Wildman–Crippen MR) is 106 cm³/mol. The zero-order chi connectivity index (χ0) is 18.3. The van der Waals surface area contributed by atoms with Gasteiger partial charge in [-0.25, -0.2) is 4.98 Å². The molecule has 3 aromatic rings. The fourth-order valence-electron chi connectivity index (χ4n) is 3.52. The van der Waals surface area contributed by atoms with Crippen LogP contribution in [-0.2, 0) is 19.5 Å². The van der Waals surface area contributed by atoms with Gasteiger partial charge in [0.1, 0.15) is 10.7 Å². The first-order valence-corrected chi connectivity index (χ1v) is 10.6. The van der Waals surface area contributed by atoms with E-state index in [-0.39, 0.29) is 11.5 Å². The highest BCUT2D eigenvalue weighted by atomic mass is 32.1. The third-order valence-electron chi connectivity index (χ3n) is 4.95. The average molecular weight is 388 g/mol. The van der Waals surface area contributed by atoms with Crippen LogP contribution in [0.5, 0.6) is 0 Å². The Morgan fingerprint density at radius 1 is 1.35 bits per heavy atom. The van der Waals surface area contributed by atoms with Crippen molar-refractivity contribution >= 4 is 38.8 Å². The van der Waals surface area contributed by atoms with Crippen molar-refractivity contribution in [3.63, 3.8) is 0 Å². The van der Waals surface area contributed by atoms with Crippen LogP contribution < -0.4 is 5.56 Å². The Hall–Kier alpha value is -1.99. The molecule has 4 heterocycles. The molecule has 0 saturated heterocycles. The maximum atomic E-state index is 13.0. The van der Waals surface area contributed by atoms with E-state index in [9.17, 15) is 9.59 Å². The van der Waals surface area contributed by atoms with Crippen molar-refractivity contribution in [2.45, 2.75) is 45.7 Å². The number of carbonyl (C=O) groups excluding carboxylic acids is 1. The van der Waals surface area contributed by atoms with Crippen LogP contribution in [0.2, 0.25) is 0 Å². The fraction of sp³-hybridized carbons (Fsp3) is 0.421. The van der Waals surface area contributed by atoms with Crippen LogP contribution in [0.15, 0.2) is 21.6 Å². The minimum Gasteiger partial charge on any atom is -0.337 e. The van der Waals surface area contributed by atoms with Crippen molar-refractivity contribution in [2.75, 3.05) is 7.05 Å². The molecule has 1 amide bonds. The summed E-state index contributed by atoms with van der Waals surface area (Å²) in [6, 6.07) is 2.03. The molecule has 3 aromatic heterocycles. The van der Waals surface area contributed by atoms with Crippen molar-refractivity contribution in [1.82, 2.24) is 14.5 Å². The van der Waals surface area contributed by atoms with Crippen molar-refractivity contribution in [3.8, 4) is 0 Å². The van der Waals surface area contributed by atoms with E-state index in [4.69, 9.17) is 4.98 Å². The largest absolute Gasteiger partial charge is 0.337 e. The monoisotopic (exact) mass is 387 g/mol. The number of amides is 1.